The maximum absolute atomic E-state index is 12.5. The van der Waals surface area contributed by atoms with Gasteiger partial charge >= 0.3 is 0 Å². The summed E-state index contributed by atoms with van der Waals surface area (Å²) in [7, 11) is 0. The van der Waals surface area contributed by atoms with Gasteiger partial charge in [0.05, 0.1) is 24.2 Å². The highest BCUT2D eigenvalue weighted by atomic mass is 16.5. The molecular formula is C15H20N4O2. The molecule has 21 heavy (non-hydrogen) atoms. The Morgan fingerprint density at radius 2 is 2.10 bits per heavy atom. The average molecular weight is 288 g/mol. The predicted molar refractivity (Wildman–Crippen MR) is 81.3 cm³/mol. The molecule has 1 aromatic heterocycles. The minimum Gasteiger partial charge on any atom is -0.378 e. The Morgan fingerprint density at radius 3 is 2.86 bits per heavy atom. The van der Waals surface area contributed by atoms with Gasteiger partial charge in [-0.25, -0.2) is 4.98 Å². The zero-order valence-electron chi connectivity index (χ0n) is 12.2. The number of benzene rings is 1. The third-order valence-electron chi connectivity index (χ3n) is 3.65. The van der Waals surface area contributed by atoms with Crippen LogP contribution in [0.5, 0.6) is 0 Å². The van der Waals surface area contributed by atoms with Gasteiger partial charge in [0.15, 0.2) is 0 Å². The number of aromatic nitrogens is 2. The number of ether oxygens (including phenoxy) is 1. The Labute approximate surface area is 123 Å². The van der Waals surface area contributed by atoms with Gasteiger partial charge in [-0.15, -0.1) is 0 Å². The minimum absolute atomic E-state index is 0.112. The van der Waals surface area contributed by atoms with Crippen molar-refractivity contribution in [3.05, 3.63) is 24.3 Å². The molecule has 0 radical (unpaired) electrons. The van der Waals surface area contributed by atoms with E-state index in [9.17, 15) is 4.79 Å². The van der Waals surface area contributed by atoms with Crippen molar-refractivity contribution in [1.29, 1.82) is 0 Å². The average Bonchev–Trinajstić information content (AvgIpc) is 2.86. The highest BCUT2D eigenvalue weighted by Gasteiger charge is 2.19. The van der Waals surface area contributed by atoms with Crippen molar-refractivity contribution in [3.8, 4) is 0 Å². The second-order valence-corrected chi connectivity index (χ2v) is 5.03. The Hall–Kier alpha value is -2.08. The van der Waals surface area contributed by atoms with Gasteiger partial charge in [-0.1, -0.05) is 12.1 Å². The first-order chi connectivity index (χ1) is 10.3. The standard InChI is InChI=1S/C15H20N4O2/c1-2-16-15-17-12-5-3-4-6-13(12)19(15)11-14(20)18-7-9-21-10-8-18/h3-6H,2,7-11H2,1H3,(H,16,17). The van der Waals surface area contributed by atoms with E-state index in [4.69, 9.17) is 4.74 Å². The fourth-order valence-electron chi connectivity index (χ4n) is 2.58. The van der Waals surface area contributed by atoms with E-state index in [1.54, 1.807) is 0 Å². The summed E-state index contributed by atoms with van der Waals surface area (Å²) in [6, 6.07) is 7.89. The molecule has 0 aliphatic carbocycles. The SMILES string of the molecule is CCNc1nc2ccccc2n1CC(=O)N1CCOCC1. The molecule has 1 aliphatic rings. The summed E-state index contributed by atoms with van der Waals surface area (Å²) in [6.07, 6.45) is 0. The smallest absolute Gasteiger partial charge is 0.242 e. The number of anilines is 1. The highest BCUT2D eigenvalue weighted by molar-refractivity contribution is 5.83. The molecular weight excluding hydrogens is 268 g/mol. The van der Waals surface area contributed by atoms with Crippen LogP contribution >= 0.6 is 0 Å². The van der Waals surface area contributed by atoms with E-state index < -0.39 is 0 Å². The molecule has 112 valence electrons. The molecule has 1 aromatic carbocycles. The number of hydrogen-bond acceptors (Lipinski definition) is 4. The molecule has 0 atom stereocenters. The first-order valence-corrected chi connectivity index (χ1v) is 7.34. The molecule has 0 saturated carbocycles. The van der Waals surface area contributed by atoms with Gasteiger partial charge in [-0.05, 0) is 19.1 Å². The van der Waals surface area contributed by atoms with Crippen LogP contribution < -0.4 is 5.32 Å². The van der Waals surface area contributed by atoms with Crippen LogP contribution in [0.3, 0.4) is 0 Å². The number of hydrogen-bond donors (Lipinski definition) is 1. The van der Waals surface area contributed by atoms with Crippen LogP contribution in [0, 0.1) is 0 Å². The molecule has 3 rings (SSSR count). The molecule has 2 aromatic rings. The molecule has 1 saturated heterocycles. The maximum atomic E-state index is 12.5. The van der Waals surface area contributed by atoms with Gasteiger partial charge in [0.25, 0.3) is 0 Å². The predicted octanol–water partition coefficient (Wildman–Crippen LogP) is 1.33. The number of nitrogens with one attached hydrogen (secondary N) is 1. The highest BCUT2D eigenvalue weighted by Crippen LogP contribution is 2.19. The number of morpholine rings is 1. The third-order valence-corrected chi connectivity index (χ3v) is 3.65. The van der Waals surface area contributed by atoms with Crippen molar-refractivity contribution in [2.75, 3.05) is 38.2 Å². The molecule has 2 heterocycles. The summed E-state index contributed by atoms with van der Waals surface area (Å²) >= 11 is 0. The number of imidazole rings is 1. The van der Waals surface area contributed by atoms with Crippen molar-refractivity contribution >= 4 is 22.9 Å². The van der Waals surface area contributed by atoms with Gasteiger partial charge < -0.3 is 19.5 Å². The van der Waals surface area contributed by atoms with E-state index in [0.29, 0.717) is 32.8 Å². The number of fused-ring (bicyclic) bond motifs is 1. The summed E-state index contributed by atoms with van der Waals surface area (Å²) < 4.78 is 7.25. The summed E-state index contributed by atoms with van der Waals surface area (Å²) in [5.74, 6) is 0.862. The number of nitrogens with zero attached hydrogens (tertiary/aromatic N) is 3. The van der Waals surface area contributed by atoms with E-state index in [-0.39, 0.29) is 5.91 Å². The van der Waals surface area contributed by atoms with E-state index in [1.807, 2.05) is 40.7 Å². The zero-order valence-corrected chi connectivity index (χ0v) is 12.2. The molecule has 6 nitrogen and oxygen atoms in total. The molecule has 1 N–H and O–H groups in total. The minimum atomic E-state index is 0.112. The topological polar surface area (TPSA) is 59.4 Å². The molecule has 0 unspecified atom stereocenters. The van der Waals surface area contributed by atoms with Crippen molar-refractivity contribution < 1.29 is 9.53 Å². The van der Waals surface area contributed by atoms with Crippen molar-refractivity contribution in [2.45, 2.75) is 13.5 Å². The van der Waals surface area contributed by atoms with Crippen LogP contribution in [0.15, 0.2) is 24.3 Å². The quantitative estimate of drug-likeness (QED) is 0.922. The number of para-hydroxylation sites is 2. The number of rotatable bonds is 4. The normalized spacial score (nSPS) is 15.4. The van der Waals surface area contributed by atoms with Crippen LogP contribution in [0.25, 0.3) is 11.0 Å². The second kappa shape index (κ2) is 6.13. The molecule has 0 bridgehead atoms. The fraction of sp³-hybridized carbons (Fsp3) is 0.467. The summed E-state index contributed by atoms with van der Waals surface area (Å²) in [6.45, 7) is 5.68. The van der Waals surface area contributed by atoms with Gasteiger partial charge in [0.1, 0.15) is 6.54 Å². The van der Waals surface area contributed by atoms with Crippen molar-refractivity contribution in [1.82, 2.24) is 14.5 Å². The van der Waals surface area contributed by atoms with Gasteiger partial charge in [0.2, 0.25) is 11.9 Å². The Balaban J connectivity index is 1.87. The molecule has 1 fully saturated rings. The summed E-state index contributed by atoms with van der Waals surface area (Å²) in [4.78, 5) is 18.9. The van der Waals surface area contributed by atoms with Crippen LogP contribution in [0.2, 0.25) is 0 Å². The Kier molecular flexibility index (Phi) is 4.06. The van der Waals surface area contributed by atoms with Gasteiger partial charge in [-0.2, -0.15) is 0 Å². The molecule has 6 heteroatoms. The van der Waals surface area contributed by atoms with Crippen molar-refractivity contribution in [2.24, 2.45) is 0 Å². The van der Waals surface area contributed by atoms with E-state index >= 15 is 0 Å². The number of carbonyl (C=O) groups excluding carboxylic acids is 1. The summed E-state index contributed by atoms with van der Waals surface area (Å²) in [5, 5.41) is 3.23. The lowest BCUT2D eigenvalue weighted by Crippen LogP contribution is -2.42. The fourth-order valence-corrected chi connectivity index (χ4v) is 2.58. The first-order valence-electron chi connectivity index (χ1n) is 7.34. The number of amides is 1. The van der Waals surface area contributed by atoms with Crippen LogP contribution in [-0.4, -0.2) is 53.2 Å². The third kappa shape index (κ3) is 2.85. The maximum Gasteiger partial charge on any atom is 0.242 e. The number of carbonyl (C=O) groups is 1. The van der Waals surface area contributed by atoms with Gasteiger partial charge in [-0.3, -0.25) is 4.79 Å². The Bertz CT molecular complexity index is 632. The molecule has 1 amide bonds. The largest absolute Gasteiger partial charge is 0.378 e. The monoisotopic (exact) mass is 288 g/mol. The second-order valence-electron chi connectivity index (χ2n) is 5.03. The first kappa shape index (κ1) is 13.9. The van der Waals surface area contributed by atoms with Crippen molar-refractivity contribution in [3.63, 3.8) is 0 Å². The van der Waals surface area contributed by atoms with E-state index in [0.717, 1.165) is 23.5 Å². The van der Waals surface area contributed by atoms with Crippen LogP contribution in [0.1, 0.15) is 6.92 Å². The van der Waals surface area contributed by atoms with Gasteiger partial charge in [0, 0.05) is 19.6 Å². The van der Waals surface area contributed by atoms with E-state index in [2.05, 4.69) is 10.3 Å². The zero-order chi connectivity index (χ0) is 14.7. The van der Waals surface area contributed by atoms with Crippen LogP contribution in [-0.2, 0) is 16.1 Å². The van der Waals surface area contributed by atoms with E-state index in [1.165, 1.54) is 0 Å². The van der Waals surface area contributed by atoms with Crippen LogP contribution in [0.4, 0.5) is 5.95 Å². The Morgan fingerprint density at radius 1 is 1.33 bits per heavy atom. The molecule has 0 spiro atoms. The lowest BCUT2D eigenvalue weighted by atomic mass is 10.3. The summed E-state index contributed by atoms with van der Waals surface area (Å²) in [5.41, 5.74) is 1.89. The molecule has 1 aliphatic heterocycles. The lowest BCUT2D eigenvalue weighted by Gasteiger charge is -2.27. The lowest BCUT2D eigenvalue weighted by molar-refractivity contribution is -0.135.